The topological polar surface area (TPSA) is 20.2 Å². The number of hydrogen-bond acceptors (Lipinski definition) is 1. The third-order valence-electron chi connectivity index (χ3n) is 7.10. The van der Waals surface area contributed by atoms with Gasteiger partial charge in [0, 0.05) is 0 Å². The van der Waals surface area contributed by atoms with Crippen LogP contribution in [0.1, 0.15) is 99.8 Å². The molecule has 2 aliphatic rings. The van der Waals surface area contributed by atoms with Crippen LogP contribution in [0.5, 0.6) is 0 Å². The van der Waals surface area contributed by atoms with E-state index in [1.165, 1.54) is 44.9 Å². The van der Waals surface area contributed by atoms with Crippen molar-refractivity contribution in [3.63, 3.8) is 0 Å². The molecule has 1 N–H and O–H groups in total. The lowest BCUT2D eigenvalue weighted by atomic mass is 9.71. The van der Waals surface area contributed by atoms with Crippen molar-refractivity contribution < 1.29 is 5.11 Å². The second-order valence-electron chi connectivity index (χ2n) is 10.8. The van der Waals surface area contributed by atoms with E-state index in [0.29, 0.717) is 21.7 Å². The molecule has 0 heterocycles. The van der Waals surface area contributed by atoms with E-state index in [1.807, 2.05) is 13.8 Å². The Bertz CT molecular complexity index is 369. The summed E-state index contributed by atoms with van der Waals surface area (Å²) in [4.78, 5) is 0. The van der Waals surface area contributed by atoms with Crippen molar-refractivity contribution in [1.82, 2.24) is 0 Å². The molecule has 0 aromatic rings. The average molecular weight is 295 g/mol. The van der Waals surface area contributed by atoms with E-state index in [2.05, 4.69) is 34.6 Å². The third kappa shape index (κ3) is 3.66. The first-order valence-corrected chi connectivity index (χ1v) is 9.01. The predicted molar refractivity (Wildman–Crippen MR) is 91.3 cm³/mol. The molecule has 124 valence electrons. The SMILES string of the molecule is CC(C)(O)CCC[C@]1(C)CCC2(CC(C)(C)C(C)(C)C2)C1. The summed E-state index contributed by atoms with van der Waals surface area (Å²) in [6, 6.07) is 0. The maximum absolute atomic E-state index is 9.92. The number of aliphatic hydroxyl groups is 1. The van der Waals surface area contributed by atoms with Crippen LogP contribution in [0.25, 0.3) is 0 Å². The van der Waals surface area contributed by atoms with Crippen molar-refractivity contribution in [1.29, 1.82) is 0 Å². The minimum absolute atomic E-state index is 0.478. The van der Waals surface area contributed by atoms with Crippen molar-refractivity contribution in [2.45, 2.75) is 105 Å². The third-order valence-corrected chi connectivity index (χ3v) is 7.10. The molecule has 2 rings (SSSR count). The first-order chi connectivity index (χ1) is 9.29. The zero-order valence-corrected chi connectivity index (χ0v) is 15.6. The Balaban J connectivity index is 1.97. The Morgan fingerprint density at radius 1 is 0.857 bits per heavy atom. The van der Waals surface area contributed by atoms with Crippen molar-refractivity contribution in [2.75, 3.05) is 0 Å². The molecule has 0 aromatic heterocycles. The minimum Gasteiger partial charge on any atom is -0.390 e. The molecule has 1 nitrogen and oxygen atoms in total. The number of hydrogen-bond donors (Lipinski definition) is 1. The minimum atomic E-state index is -0.496. The summed E-state index contributed by atoms with van der Waals surface area (Å²) in [5, 5.41) is 9.92. The summed E-state index contributed by atoms with van der Waals surface area (Å²) in [6.45, 7) is 16.3. The van der Waals surface area contributed by atoms with E-state index in [4.69, 9.17) is 0 Å². The molecular formula is C20H38O. The van der Waals surface area contributed by atoms with Crippen LogP contribution in [-0.2, 0) is 0 Å². The smallest absolute Gasteiger partial charge is 0.0591 e. The van der Waals surface area contributed by atoms with Crippen LogP contribution in [-0.4, -0.2) is 10.7 Å². The van der Waals surface area contributed by atoms with E-state index in [-0.39, 0.29) is 0 Å². The van der Waals surface area contributed by atoms with E-state index < -0.39 is 5.60 Å². The standard InChI is InChI=1S/C20H38O/c1-16(2)13-20(14-17(16,3)4)12-11-19(7,15-20)10-8-9-18(5,6)21/h21H,8-15H2,1-7H3/t19-/m1/s1. The van der Waals surface area contributed by atoms with Crippen LogP contribution in [0.3, 0.4) is 0 Å². The van der Waals surface area contributed by atoms with E-state index >= 15 is 0 Å². The molecule has 0 aliphatic heterocycles. The molecule has 1 spiro atoms. The largest absolute Gasteiger partial charge is 0.390 e. The predicted octanol–water partition coefficient (Wildman–Crippen LogP) is 5.95. The highest BCUT2D eigenvalue weighted by Crippen LogP contribution is 2.68. The van der Waals surface area contributed by atoms with Crippen LogP contribution in [0.15, 0.2) is 0 Å². The van der Waals surface area contributed by atoms with E-state index in [1.54, 1.807) is 0 Å². The quantitative estimate of drug-likeness (QED) is 0.679. The van der Waals surface area contributed by atoms with Crippen molar-refractivity contribution in [3.8, 4) is 0 Å². The second-order valence-corrected chi connectivity index (χ2v) is 10.8. The van der Waals surface area contributed by atoms with Gasteiger partial charge in [-0.2, -0.15) is 0 Å². The zero-order chi connectivity index (χ0) is 16.2. The van der Waals surface area contributed by atoms with Gasteiger partial charge in [-0.3, -0.25) is 0 Å². The fraction of sp³-hybridized carbons (Fsp3) is 1.00. The summed E-state index contributed by atoms with van der Waals surface area (Å²) in [5.74, 6) is 0. The Hall–Kier alpha value is -0.0400. The Morgan fingerprint density at radius 3 is 1.86 bits per heavy atom. The molecule has 1 atom stereocenters. The molecule has 2 aliphatic carbocycles. The normalized spacial score (nSPS) is 33.7. The summed E-state index contributed by atoms with van der Waals surface area (Å²) < 4.78 is 0. The molecule has 0 aromatic carbocycles. The van der Waals surface area contributed by atoms with Crippen LogP contribution in [0.2, 0.25) is 0 Å². The number of rotatable bonds is 4. The van der Waals surface area contributed by atoms with Crippen LogP contribution < -0.4 is 0 Å². The molecule has 0 saturated heterocycles. The lowest BCUT2D eigenvalue weighted by Gasteiger charge is -2.34. The highest BCUT2D eigenvalue weighted by atomic mass is 16.3. The van der Waals surface area contributed by atoms with Gasteiger partial charge in [-0.25, -0.2) is 0 Å². The van der Waals surface area contributed by atoms with Crippen LogP contribution in [0, 0.1) is 21.7 Å². The van der Waals surface area contributed by atoms with E-state index in [0.717, 1.165) is 6.42 Å². The molecule has 0 amide bonds. The zero-order valence-electron chi connectivity index (χ0n) is 15.6. The molecule has 2 fully saturated rings. The first-order valence-electron chi connectivity index (χ1n) is 9.01. The Labute approximate surface area is 132 Å². The van der Waals surface area contributed by atoms with Gasteiger partial charge in [-0.15, -0.1) is 0 Å². The lowest BCUT2D eigenvalue weighted by Crippen LogP contribution is -2.25. The van der Waals surface area contributed by atoms with Gasteiger partial charge >= 0.3 is 0 Å². The van der Waals surface area contributed by atoms with Gasteiger partial charge in [0.1, 0.15) is 0 Å². The van der Waals surface area contributed by atoms with Crippen molar-refractivity contribution >= 4 is 0 Å². The van der Waals surface area contributed by atoms with Gasteiger partial charge in [0.15, 0.2) is 0 Å². The monoisotopic (exact) mass is 294 g/mol. The van der Waals surface area contributed by atoms with E-state index in [9.17, 15) is 5.11 Å². The van der Waals surface area contributed by atoms with Crippen LogP contribution in [0.4, 0.5) is 0 Å². The highest BCUT2D eigenvalue weighted by molar-refractivity contribution is 5.08. The first kappa shape index (κ1) is 17.3. The Morgan fingerprint density at radius 2 is 1.38 bits per heavy atom. The fourth-order valence-electron chi connectivity index (χ4n) is 5.53. The van der Waals surface area contributed by atoms with Gasteiger partial charge in [0.2, 0.25) is 0 Å². The molecule has 1 heteroatoms. The van der Waals surface area contributed by atoms with Gasteiger partial charge in [0.05, 0.1) is 5.60 Å². The lowest BCUT2D eigenvalue weighted by molar-refractivity contribution is 0.0636. The molecule has 2 saturated carbocycles. The summed E-state index contributed by atoms with van der Waals surface area (Å²) in [6.07, 6.45) is 10.5. The Kier molecular flexibility index (Phi) is 4.11. The summed E-state index contributed by atoms with van der Waals surface area (Å²) >= 11 is 0. The molecular weight excluding hydrogens is 256 g/mol. The van der Waals surface area contributed by atoms with Gasteiger partial charge in [-0.05, 0) is 80.5 Å². The summed E-state index contributed by atoms with van der Waals surface area (Å²) in [7, 11) is 0. The maximum atomic E-state index is 9.92. The van der Waals surface area contributed by atoms with Crippen molar-refractivity contribution in [2.24, 2.45) is 21.7 Å². The molecule has 0 unspecified atom stereocenters. The highest BCUT2D eigenvalue weighted by Gasteiger charge is 2.57. The van der Waals surface area contributed by atoms with Crippen LogP contribution >= 0.6 is 0 Å². The van der Waals surface area contributed by atoms with Gasteiger partial charge in [0.25, 0.3) is 0 Å². The maximum Gasteiger partial charge on any atom is 0.0591 e. The van der Waals surface area contributed by atoms with Gasteiger partial charge < -0.3 is 5.11 Å². The second kappa shape index (κ2) is 4.98. The fourth-order valence-corrected chi connectivity index (χ4v) is 5.53. The molecule has 21 heavy (non-hydrogen) atoms. The van der Waals surface area contributed by atoms with Crippen molar-refractivity contribution in [3.05, 3.63) is 0 Å². The summed E-state index contributed by atoms with van der Waals surface area (Å²) in [5.41, 5.74) is 1.58. The average Bonchev–Trinajstić information content (AvgIpc) is 2.59. The molecule has 0 bridgehead atoms. The molecule has 0 radical (unpaired) electrons. The van der Waals surface area contributed by atoms with Gasteiger partial charge in [-0.1, -0.05) is 41.0 Å².